The molecule has 9 heavy (non-hydrogen) atoms. The molecular formula is C7H14N2. The zero-order valence-corrected chi connectivity index (χ0v) is 5.48. The van der Waals surface area contributed by atoms with Gasteiger partial charge < -0.3 is 10.2 Å². The average molecular weight is 129 g/mol. The lowest BCUT2D eigenvalue weighted by molar-refractivity contribution is 0.177. The summed E-state index contributed by atoms with van der Waals surface area (Å²) in [6.07, 6.45) is 1.04. The van der Waals surface area contributed by atoms with E-state index in [1.807, 2.05) is 0 Å². The molecule has 2 nitrogen and oxygen atoms in total. The van der Waals surface area contributed by atoms with Gasteiger partial charge >= 0.3 is 0 Å². The molecule has 0 bridgehead atoms. The van der Waals surface area contributed by atoms with Crippen LogP contribution in [0, 0.1) is 5.41 Å². The van der Waals surface area contributed by atoms with E-state index in [4.69, 9.17) is 4.11 Å². The molecule has 1 N–H and O–H groups in total. The Kier molecular flexibility index (Phi) is 0.635. The lowest BCUT2D eigenvalue weighted by Gasteiger charge is -2.38. The molecule has 2 rings (SSSR count). The summed E-state index contributed by atoms with van der Waals surface area (Å²) in [7, 11) is 0. The predicted octanol–water partition coefficient (Wildman–Crippen LogP) is -0.0885. The summed E-state index contributed by atoms with van der Waals surface area (Å²) >= 11 is 0. The summed E-state index contributed by atoms with van der Waals surface area (Å²) in [4.78, 5) is 1.62. The molecule has 2 saturated heterocycles. The van der Waals surface area contributed by atoms with E-state index < -0.39 is 6.98 Å². The van der Waals surface area contributed by atoms with Crippen LogP contribution in [0.3, 0.4) is 0 Å². The fourth-order valence-corrected chi connectivity index (χ4v) is 1.70. The van der Waals surface area contributed by atoms with E-state index in [-0.39, 0.29) is 0 Å². The molecule has 2 fully saturated rings. The van der Waals surface area contributed by atoms with Crippen LogP contribution in [0.1, 0.15) is 10.5 Å². The number of likely N-dealkylation sites (tertiary alicyclic amines) is 1. The van der Waals surface area contributed by atoms with Gasteiger partial charge in [0.25, 0.3) is 0 Å². The van der Waals surface area contributed by atoms with Gasteiger partial charge in [0.2, 0.25) is 0 Å². The smallest absolute Gasteiger partial charge is 0.0394 e. The third-order valence-electron chi connectivity index (χ3n) is 2.44. The van der Waals surface area contributed by atoms with Crippen LogP contribution >= 0.6 is 0 Å². The lowest BCUT2D eigenvalue weighted by Crippen LogP contribution is -2.54. The zero-order chi connectivity index (χ0) is 8.82. The maximum atomic E-state index is 7.24. The Bertz CT molecular complexity index is 186. The molecule has 1 spiro atoms. The number of hydrogen-bond acceptors (Lipinski definition) is 2. The Morgan fingerprint density at radius 1 is 1.67 bits per heavy atom. The topological polar surface area (TPSA) is 15.3 Å². The van der Waals surface area contributed by atoms with E-state index in [2.05, 4.69) is 5.32 Å². The molecular weight excluding hydrogens is 112 g/mol. The van der Waals surface area contributed by atoms with Crippen molar-refractivity contribution in [1.82, 2.24) is 10.2 Å². The molecule has 2 aliphatic rings. The first-order valence-electron chi connectivity index (χ1n) is 4.98. The minimum atomic E-state index is -1.88. The maximum Gasteiger partial charge on any atom is 0.0394 e. The molecule has 0 unspecified atom stereocenters. The third-order valence-corrected chi connectivity index (χ3v) is 2.44. The van der Waals surface area contributed by atoms with Crippen molar-refractivity contribution >= 4 is 0 Å². The summed E-state index contributed by atoms with van der Waals surface area (Å²) in [5, 5.41) is 3.21. The van der Waals surface area contributed by atoms with Crippen LogP contribution in [0.5, 0.6) is 0 Å². The highest BCUT2D eigenvalue weighted by Gasteiger charge is 2.41. The minimum Gasteiger partial charge on any atom is -0.315 e. The van der Waals surface area contributed by atoms with Crippen LogP contribution in [-0.2, 0) is 0 Å². The molecule has 2 heteroatoms. The summed E-state index contributed by atoms with van der Waals surface area (Å²) in [5.74, 6) is 0. The van der Waals surface area contributed by atoms with Crippen LogP contribution < -0.4 is 5.32 Å². The number of nitrogens with zero attached hydrogens (tertiary/aromatic N) is 1. The highest BCUT2D eigenvalue weighted by Crippen LogP contribution is 2.32. The fourth-order valence-electron chi connectivity index (χ4n) is 1.70. The van der Waals surface area contributed by atoms with E-state index >= 15 is 0 Å². The van der Waals surface area contributed by atoms with Gasteiger partial charge in [-0.25, -0.2) is 0 Å². The van der Waals surface area contributed by atoms with Gasteiger partial charge in [0.15, 0.2) is 0 Å². The molecule has 0 atom stereocenters. The molecule has 0 radical (unpaired) electrons. The molecule has 0 amide bonds. The van der Waals surface area contributed by atoms with Gasteiger partial charge in [-0.15, -0.1) is 0 Å². The van der Waals surface area contributed by atoms with Gasteiger partial charge in [-0.1, -0.05) is 0 Å². The number of nitrogens with one attached hydrogen (secondary N) is 1. The van der Waals surface area contributed by atoms with Gasteiger partial charge in [-0.3, -0.25) is 0 Å². The highest BCUT2D eigenvalue weighted by molar-refractivity contribution is 4.98. The van der Waals surface area contributed by atoms with Crippen LogP contribution in [0.2, 0.25) is 0 Å². The minimum absolute atomic E-state index is 0.300. The van der Waals surface area contributed by atoms with Gasteiger partial charge in [0.05, 0.1) is 0 Å². The second-order valence-corrected chi connectivity index (χ2v) is 3.28. The van der Waals surface area contributed by atoms with Gasteiger partial charge in [-0.05, 0) is 19.9 Å². The fraction of sp³-hybridized carbons (Fsp3) is 1.00. The third kappa shape index (κ3) is 0.775. The molecule has 52 valence electrons. The average Bonchev–Trinajstić information content (AvgIpc) is 2.26. The van der Waals surface area contributed by atoms with E-state index in [0.29, 0.717) is 5.41 Å². The van der Waals surface area contributed by atoms with Crippen molar-refractivity contribution in [3.8, 4) is 0 Å². The molecule has 0 aromatic heterocycles. The number of hydrogen-bond donors (Lipinski definition) is 1. The molecule has 0 saturated carbocycles. The first kappa shape index (κ1) is 3.35. The Morgan fingerprint density at radius 3 is 2.89 bits per heavy atom. The first-order chi connectivity index (χ1) is 5.52. The van der Waals surface area contributed by atoms with Crippen LogP contribution in [0.4, 0.5) is 0 Å². The van der Waals surface area contributed by atoms with E-state index in [1.165, 1.54) is 0 Å². The maximum absolute atomic E-state index is 7.24. The molecule has 2 heterocycles. The van der Waals surface area contributed by atoms with Gasteiger partial charge in [-0.2, -0.15) is 0 Å². The van der Waals surface area contributed by atoms with E-state index in [1.54, 1.807) is 4.90 Å². The Balaban J connectivity index is 1.98. The summed E-state index contributed by atoms with van der Waals surface area (Å²) in [6.45, 7) is 1.60. The van der Waals surface area contributed by atoms with Crippen molar-refractivity contribution in [1.29, 1.82) is 0 Å². The first-order valence-corrected chi connectivity index (χ1v) is 3.48. The van der Waals surface area contributed by atoms with Crippen LogP contribution in [-0.4, -0.2) is 38.1 Å². The zero-order valence-electron chi connectivity index (χ0n) is 8.48. The summed E-state index contributed by atoms with van der Waals surface area (Å²) in [5.41, 5.74) is 0.300. The Hall–Kier alpha value is -0.0800. The highest BCUT2D eigenvalue weighted by atomic mass is 15.2. The quantitative estimate of drug-likeness (QED) is 0.492. The standard InChI is InChI=1S/C7H14N2/c1-9-3-2-7(6-9)4-8-5-7/h8H,2-6H2,1H3/i1D3. The Morgan fingerprint density at radius 2 is 2.56 bits per heavy atom. The predicted molar refractivity (Wildman–Crippen MR) is 37.4 cm³/mol. The number of rotatable bonds is 0. The summed E-state index contributed by atoms with van der Waals surface area (Å²) < 4.78 is 21.7. The lowest BCUT2D eigenvalue weighted by atomic mass is 9.81. The monoisotopic (exact) mass is 129 g/mol. The molecule has 0 aromatic rings. The largest absolute Gasteiger partial charge is 0.315 e. The normalized spacial score (nSPS) is 39.3. The van der Waals surface area contributed by atoms with Gasteiger partial charge in [0, 0.05) is 29.2 Å². The van der Waals surface area contributed by atoms with Gasteiger partial charge in [0.1, 0.15) is 0 Å². The molecule has 0 aromatic carbocycles. The molecule has 2 aliphatic heterocycles. The van der Waals surface area contributed by atoms with E-state index in [9.17, 15) is 0 Å². The summed E-state index contributed by atoms with van der Waals surface area (Å²) in [6, 6.07) is 0. The van der Waals surface area contributed by atoms with Crippen molar-refractivity contribution in [2.45, 2.75) is 6.42 Å². The molecule has 0 aliphatic carbocycles. The van der Waals surface area contributed by atoms with Crippen molar-refractivity contribution in [3.05, 3.63) is 0 Å². The van der Waals surface area contributed by atoms with Crippen LogP contribution in [0.15, 0.2) is 0 Å². The van der Waals surface area contributed by atoms with Crippen molar-refractivity contribution in [3.63, 3.8) is 0 Å². The van der Waals surface area contributed by atoms with Crippen molar-refractivity contribution < 1.29 is 4.11 Å². The SMILES string of the molecule is [2H]C([2H])([2H])N1CCC2(CNC2)C1. The second-order valence-electron chi connectivity index (χ2n) is 3.28. The van der Waals surface area contributed by atoms with E-state index in [0.717, 1.165) is 32.6 Å². The van der Waals surface area contributed by atoms with Crippen LogP contribution in [0.25, 0.3) is 0 Å². The Labute approximate surface area is 60.4 Å². The van der Waals surface area contributed by atoms with Crippen molar-refractivity contribution in [2.24, 2.45) is 5.41 Å². The van der Waals surface area contributed by atoms with Crippen molar-refractivity contribution in [2.75, 3.05) is 33.2 Å². The second kappa shape index (κ2) is 1.70.